The van der Waals surface area contributed by atoms with Crippen molar-refractivity contribution >= 4 is 11.6 Å². The maximum Gasteiger partial charge on any atom is 0.123 e. The number of rotatable bonds is 6. The van der Waals surface area contributed by atoms with Crippen molar-refractivity contribution < 1.29 is 4.74 Å². The Morgan fingerprint density at radius 3 is 2.47 bits per heavy atom. The van der Waals surface area contributed by atoms with Gasteiger partial charge in [-0.3, -0.25) is 0 Å². The maximum absolute atomic E-state index is 6.01. The number of benzene rings is 1. The average molecular weight is 256 g/mol. The van der Waals surface area contributed by atoms with Crippen molar-refractivity contribution in [3.05, 3.63) is 28.8 Å². The van der Waals surface area contributed by atoms with Crippen molar-refractivity contribution in [2.24, 2.45) is 0 Å². The van der Waals surface area contributed by atoms with Crippen LogP contribution in [0.3, 0.4) is 0 Å². The molecule has 17 heavy (non-hydrogen) atoms. The molecule has 0 aliphatic rings. The average Bonchev–Trinajstić information content (AvgIpc) is 2.36. The summed E-state index contributed by atoms with van der Waals surface area (Å²) in [4.78, 5) is 0. The van der Waals surface area contributed by atoms with E-state index in [0.29, 0.717) is 0 Å². The van der Waals surface area contributed by atoms with Crippen molar-refractivity contribution in [2.45, 2.75) is 45.7 Å². The van der Waals surface area contributed by atoms with Crippen LogP contribution in [0.15, 0.2) is 18.2 Å². The van der Waals surface area contributed by atoms with E-state index >= 15 is 0 Å². The molecule has 96 valence electrons. The predicted molar refractivity (Wildman–Crippen MR) is 73.8 cm³/mol. The van der Waals surface area contributed by atoms with Crippen LogP contribution in [-0.2, 0) is 6.54 Å². The second-order valence-electron chi connectivity index (χ2n) is 4.58. The molecule has 0 saturated heterocycles. The van der Waals surface area contributed by atoms with E-state index in [0.717, 1.165) is 35.7 Å². The molecule has 1 N–H and O–H groups in total. The molecule has 0 amide bonds. The molecule has 0 aliphatic carbocycles. The van der Waals surface area contributed by atoms with Gasteiger partial charge in [0.25, 0.3) is 0 Å². The van der Waals surface area contributed by atoms with Gasteiger partial charge in [-0.25, -0.2) is 0 Å². The fourth-order valence-electron chi connectivity index (χ4n) is 1.69. The van der Waals surface area contributed by atoms with Crippen LogP contribution in [0.2, 0.25) is 5.02 Å². The van der Waals surface area contributed by atoms with E-state index in [1.54, 1.807) is 7.11 Å². The summed E-state index contributed by atoms with van der Waals surface area (Å²) in [6.07, 6.45) is 2.21. The normalized spacial score (nSPS) is 11.6. The number of nitrogens with one attached hydrogen (secondary N) is 1. The number of methoxy groups -OCH3 is 1. The van der Waals surface area contributed by atoms with E-state index in [1.165, 1.54) is 0 Å². The molecule has 3 heteroatoms. The highest BCUT2D eigenvalue weighted by Gasteiger charge is 2.18. The molecule has 0 unspecified atom stereocenters. The van der Waals surface area contributed by atoms with Crippen LogP contribution in [0.1, 0.15) is 39.2 Å². The van der Waals surface area contributed by atoms with Gasteiger partial charge in [0.2, 0.25) is 0 Å². The number of hydrogen-bond acceptors (Lipinski definition) is 2. The minimum atomic E-state index is 0.174. The smallest absolute Gasteiger partial charge is 0.123 e. The van der Waals surface area contributed by atoms with E-state index in [2.05, 4.69) is 26.1 Å². The highest BCUT2D eigenvalue weighted by atomic mass is 35.5. The molecular weight excluding hydrogens is 234 g/mol. The Hall–Kier alpha value is -0.730. The Bertz CT molecular complexity index is 361. The first-order valence-corrected chi connectivity index (χ1v) is 6.50. The van der Waals surface area contributed by atoms with Crippen LogP contribution in [0.4, 0.5) is 0 Å². The van der Waals surface area contributed by atoms with Crippen LogP contribution in [0.5, 0.6) is 5.75 Å². The van der Waals surface area contributed by atoms with Gasteiger partial charge < -0.3 is 10.1 Å². The lowest BCUT2D eigenvalue weighted by molar-refractivity contribution is 0.325. The summed E-state index contributed by atoms with van der Waals surface area (Å²) in [6, 6.07) is 5.72. The Morgan fingerprint density at radius 1 is 1.29 bits per heavy atom. The van der Waals surface area contributed by atoms with Gasteiger partial charge in [0.1, 0.15) is 5.75 Å². The van der Waals surface area contributed by atoms with Crippen molar-refractivity contribution in [3.8, 4) is 5.75 Å². The molecule has 0 spiro atoms. The fourth-order valence-corrected chi connectivity index (χ4v) is 1.89. The summed E-state index contributed by atoms with van der Waals surface area (Å²) in [7, 11) is 1.69. The molecule has 0 radical (unpaired) electrons. The zero-order valence-electron chi connectivity index (χ0n) is 11.1. The first kappa shape index (κ1) is 14.3. The number of ether oxygens (including phenoxy) is 1. The highest BCUT2D eigenvalue weighted by molar-refractivity contribution is 6.30. The number of hydrogen-bond donors (Lipinski definition) is 1. The van der Waals surface area contributed by atoms with Crippen LogP contribution in [-0.4, -0.2) is 12.6 Å². The molecule has 0 heterocycles. The summed E-state index contributed by atoms with van der Waals surface area (Å²) in [5.74, 6) is 0.886. The van der Waals surface area contributed by atoms with Crippen LogP contribution < -0.4 is 10.1 Å². The van der Waals surface area contributed by atoms with Gasteiger partial charge in [-0.2, -0.15) is 0 Å². The van der Waals surface area contributed by atoms with Gasteiger partial charge in [0.05, 0.1) is 7.11 Å². The summed E-state index contributed by atoms with van der Waals surface area (Å²) < 4.78 is 5.33. The summed E-state index contributed by atoms with van der Waals surface area (Å²) in [6.45, 7) is 7.42. The van der Waals surface area contributed by atoms with Crippen LogP contribution in [0, 0.1) is 0 Å². The SMILES string of the molecule is CCC(C)(CC)NCc1cc(Cl)ccc1OC. The molecule has 0 aromatic heterocycles. The van der Waals surface area contributed by atoms with Crippen LogP contribution in [0.25, 0.3) is 0 Å². The minimum absolute atomic E-state index is 0.174. The van der Waals surface area contributed by atoms with E-state index in [9.17, 15) is 0 Å². The molecule has 0 aliphatic heterocycles. The van der Waals surface area contributed by atoms with Gasteiger partial charge >= 0.3 is 0 Å². The highest BCUT2D eigenvalue weighted by Crippen LogP contribution is 2.24. The van der Waals surface area contributed by atoms with E-state index in [1.807, 2.05) is 18.2 Å². The molecule has 0 fully saturated rings. The quantitative estimate of drug-likeness (QED) is 0.829. The van der Waals surface area contributed by atoms with Crippen molar-refractivity contribution in [1.29, 1.82) is 0 Å². The molecule has 1 aromatic carbocycles. The third kappa shape index (κ3) is 3.90. The lowest BCUT2D eigenvalue weighted by Crippen LogP contribution is -2.40. The summed E-state index contributed by atoms with van der Waals surface area (Å²) in [5, 5.41) is 4.32. The van der Waals surface area contributed by atoms with Crippen LogP contribution >= 0.6 is 11.6 Å². The maximum atomic E-state index is 6.01. The molecular formula is C14H22ClNO. The zero-order chi connectivity index (χ0) is 12.9. The van der Waals surface area contributed by atoms with E-state index < -0.39 is 0 Å². The molecule has 0 saturated carbocycles. The molecule has 1 rings (SSSR count). The standard InChI is InChI=1S/C14H22ClNO/c1-5-14(3,6-2)16-10-11-9-12(15)7-8-13(11)17-4/h7-9,16H,5-6,10H2,1-4H3. The molecule has 1 aromatic rings. The van der Waals surface area contributed by atoms with Crippen molar-refractivity contribution in [1.82, 2.24) is 5.32 Å². The predicted octanol–water partition coefficient (Wildman–Crippen LogP) is 4.02. The van der Waals surface area contributed by atoms with E-state index in [-0.39, 0.29) is 5.54 Å². The Morgan fingerprint density at radius 2 is 1.94 bits per heavy atom. The van der Waals surface area contributed by atoms with Gasteiger partial charge in [-0.15, -0.1) is 0 Å². The lowest BCUT2D eigenvalue weighted by atomic mass is 9.95. The molecule has 0 bridgehead atoms. The Kier molecular flexibility index (Phi) is 5.29. The number of halogens is 1. The van der Waals surface area contributed by atoms with Gasteiger partial charge in [-0.1, -0.05) is 25.4 Å². The van der Waals surface area contributed by atoms with Gasteiger partial charge in [0, 0.05) is 22.7 Å². The largest absolute Gasteiger partial charge is 0.496 e. The third-order valence-electron chi connectivity index (χ3n) is 3.51. The summed E-state index contributed by atoms with van der Waals surface area (Å²) in [5.41, 5.74) is 1.28. The van der Waals surface area contributed by atoms with Crippen molar-refractivity contribution in [2.75, 3.05) is 7.11 Å². The minimum Gasteiger partial charge on any atom is -0.496 e. The van der Waals surface area contributed by atoms with Crippen molar-refractivity contribution in [3.63, 3.8) is 0 Å². The Balaban J connectivity index is 2.77. The Labute approximate surface area is 109 Å². The fraction of sp³-hybridized carbons (Fsp3) is 0.571. The molecule has 2 nitrogen and oxygen atoms in total. The topological polar surface area (TPSA) is 21.3 Å². The first-order valence-electron chi connectivity index (χ1n) is 6.12. The zero-order valence-corrected chi connectivity index (χ0v) is 11.9. The molecule has 0 atom stereocenters. The summed E-state index contributed by atoms with van der Waals surface area (Å²) >= 11 is 6.01. The van der Waals surface area contributed by atoms with E-state index in [4.69, 9.17) is 16.3 Å². The second-order valence-corrected chi connectivity index (χ2v) is 5.01. The van der Waals surface area contributed by atoms with Gasteiger partial charge in [-0.05, 0) is 38.0 Å². The monoisotopic (exact) mass is 255 g/mol. The van der Waals surface area contributed by atoms with Gasteiger partial charge in [0.15, 0.2) is 0 Å². The first-order chi connectivity index (χ1) is 8.04. The third-order valence-corrected chi connectivity index (χ3v) is 3.74. The lowest BCUT2D eigenvalue weighted by Gasteiger charge is -2.28. The second kappa shape index (κ2) is 6.27.